The third-order valence-corrected chi connectivity index (χ3v) is 0.598. The molecule has 0 bridgehead atoms. The summed E-state index contributed by atoms with van der Waals surface area (Å²) in [7, 11) is 0. The van der Waals surface area contributed by atoms with Crippen molar-refractivity contribution in [2.45, 2.75) is 0 Å². The second-order valence-electron chi connectivity index (χ2n) is 1.24. The third-order valence-electron chi connectivity index (χ3n) is 0.480. The molecule has 0 aliphatic heterocycles. The number of rotatable bonds is 4. The molecule has 0 aromatic rings. The monoisotopic (exact) mass is 135 g/mol. The van der Waals surface area contributed by atoms with E-state index in [2.05, 4.69) is 12.2 Å². The molecule has 0 radical (unpaired) electrons. The summed E-state index contributed by atoms with van der Waals surface area (Å²) < 4.78 is 4.73. The van der Waals surface area contributed by atoms with E-state index in [1.807, 2.05) is 0 Å². The summed E-state index contributed by atoms with van der Waals surface area (Å²) in [5.74, 6) is 0. The third kappa shape index (κ3) is 5.81. The van der Waals surface area contributed by atoms with E-state index in [0.29, 0.717) is 11.6 Å². The van der Waals surface area contributed by atoms with Gasteiger partial charge in [-0.2, -0.15) is 0 Å². The molecule has 0 fully saturated rings. The molecular weight excluding hydrogens is 126 g/mol. The molecular formula is C4H9NO2S. The summed E-state index contributed by atoms with van der Waals surface area (Å²) in [4.78, 5) is 0.318. The first-order valence-electron chi connectivity index (χ1n) is 2.24. The highest BCUT2D eigenvalue weighted by molar-refractivity contribution is 7.80. The van der Waals surface area contributed by atoms with Crippen molar-refractivity contribution < 1.29 is 9.84 Å². The summed E-state index contributed by atoms with van der Waals surface area (Å²) in [6.45, 7) is 0.579. The van der Waals surface area contributed by atoms with Crippen LogP contribution in [0.4, 0.5) is 0 Å². The number of thiocarbonyl (C=S) groups is 1. The molecule has 0 heterocycles. The van der Waals surface area contributed by atoms with E-state index >= 15 is 0 Å². The van der Waals surface area contributed by atoms with Crippen LogP contribution < -0.4 is 5.73 Å². The van der Waals surface area contributed by atoms with Gasteiger partial charge in [0.15, 0.2) is 0 Å². The van der Waals surface area contributed by atoms with E-state index < -0.39 is 0 Å². The van der Waals surface area contributed by atoms with Crippen molar-refractivity contribution in [3.8, 4) is 0 Å². The van der Waals surface area contributed by atoms with Gasteiger partial charge in [-0.3, -0.25) is 0 Å². The molecule has 0 aromatic carbocycles. The van der Waals surface area contributed by atoms with E-state index in [1.165, 1.54) is 0 Å². The van der Waals surface area contributed by atoms with Crippen LogP contribution in [-0.2, 0) is 4.74 Å². The van der Waals surface area contributed by atoms with E-state index in [-0.39, 0.29) is 13.2 Å². The van der Waals surface area contributed by atoms with Crippen molar-refractivity contribution in [2.24, 2.45) is 5.73 Å². The van der Waals surface area contributed by atoms with Crippen LogP contribution in [0.2, 0.25) is 0 Å². The van der Waals surface area contributed by atoms with Gasteiger partial charge in [-0.15, -0.1) is 0 Å². The molecule has 3 N–H and O–H groups in total. The molecule has 8 heavy (non-hydrogen) atoms. The fourth-order valence-electron chi connectivity index (χ4n) is 0.237. The molecule has 0 amide bonds. The van der Waals surface area contributed by atoms with Crippen LogP contribution in [0.5, 0.6) is 0 Å². The summed E-state index contributed by atoms with van der Waals surface area (Å²) in [6, 6.07) is 0. The Kier molecular flexibility index (Phi) is 4.84. The van der Waals surface area contributed by atoms with Gasteiger partial charge in [0.25, 0.3) is 0 Å². The van der Waals surface area contributed by atoms with Crippen molar-refractivity contribution >= 4 is 17.2 Å². The Morgan fingerprint density at radius 3 is 2.75 bits per heavy atom. The van der Waals surface area contributed by atoms with Gasteiger partial charge in [-0.05, 0) is 0 Å². The zero-order valence-electron chi connectivity index (χ0n) is 4.46. The topological polar surface area (TPSA) is 55.5 Å². The molecule has 0 spiro atoms. The summed E-state index contributed by atoms with van der Waals surface area (Å²) >= 11 is 4.48. The molecule has 0 saturated heterocycles. The highest BCUT2D eigenvalue weighted by Crippen LogP contribution is 1.72. The van der Waals surface area contributed by atoms with Gasteiger partial charge < -0.3 is 15.6 Å². The lowest BCUT2D eigenvalue weighted by atomic mass is 10.7. The number of ether oxygens (including phenoxy) is 1. The van der Waals surface area contributed by atoms with Crippen molar-refractivity contribution in [1.82, 2.24) is 0 Å². The Hall–Kier alpha value is -0.190. The molecule has 48 valence electrons. The minimum Gasteiger partial charge on any atom is -0.394 e. The summed E-state index contributed by atoms with van der Waals surface area (Å²) in [5.41, 5.74) is 5.06. The molecule has 0 aromatic heterocycles. The second-order valence-corrected chi connectivity index (χ2v) is 1.77. The van der Waals surface area contributed by atoms with Gasteiger partial charge in [0, 0.05) is 0 Å². The second kappa shape index (κ2) is 4.96. The first-order chi connectivity index (χ1) is 3.77. The first-order valence-corrected chi connectivity index (χ1v) is 2.65. The van der Waals surface area contributed by atoms with Crippen molar-refractivity contribution in [3.05, 3.63) is 0 Å². The molecule has 4 heteroatoms. The normalized spacial score (nSPS) is 9.12. The fourth-order valence-corrected chi connectivity index (χ4v) is 0.321. The van der Waals surface area contributed by atoms with Gasteiger partial charge in [0.05, 0.1) is 24.8 Å². The maximum absolute atomic E-state index is 8.17. The zero-order valence-corrected chi connectivity index (χ0v) is 5.28. The van der Waals surface area contributed by atoms with Crippen LogP contribution in [-0.4, -0.2) is 29.9 Å². The van der Waals surface area contributed by atoms with Gasteiger partial charge >= 0.3 is 0 Å². The van der Waals surface area contributed by atoms with Gasteiger partial charge in [0.1, 0.15) is 0 Å². The van der Waals surface area contributed by atoms with Crippen molar-refractivity contribution in [1.29, 1.82) is 0 Å². The van der Waals surface area contributed by atoms with Gasteiger partial charge in [0.2, 0.25) is 0 Å². The van der Waals surface area contributed by atoms with Gasteiger partial charge in [-0.25, -0.2) is 0 Å². The Morgan fingerprint density at radius 2 is 2.38 bits per heavy atom. The minimum atomic E-state index is 0.0165. The number of aliphatic hydroxyl groups is 1. The van der Waals surface area contributed by atoms with E-state index in [4.69, 9.17) is 15.6 Å². The molecule has 0 aliphatic carbocycles. The first kappa shape index (κ1) is 7.81. The Balaban J connectivity index is 2.82. The Bertz CT molecular complexity index is 76.4. The molecule has 0 saturated carbocycles. The van der Waals surface area contributed by atoms with Crippen LogP contribution >= 0.6 is 12.2 Å². The smallest absolute Gasteiger partial charge is 0.0989 e. The summed E-state index contributed by atoms with van der Waals surface area (Å²) in [5, 5.41) is 8.17. The standard InChI is InChI=1S/C4H9NO2S/c5-4(8)3-7-2-1-6/h6H,1-3H2,(H2,5,8). The minimum absolute atomic E-state index is 0.0165. The molecule has 0 rings (SSSR count). The average molecular weight is 135 g/mol. The van der Waals surface area contributed by atoms with Crippen LogP contribution in [0.25, 0.3) is 0 Å². The van der Waals surface area contributed by atoms with Crippen LogP contribution in [0.1, 0.15) is 0 Å². The van der Waals surface area contributed by atoms with E-state index in [1.54, 1.807) is 0 Å². The molecule has 0 unspecified atom stereocenters. The lowest BCUT2D eigenvalue weighted by Gasteiger charge is -1.96. The van der Waals surface area contributed by atoms with Crippen molar-refractivity contribution in [2.75, 3.05) is 19.8 Å². The highest BCUT2D eigenvalue weighted by Gasteiger charge is 1.85. The maximum atomic E-state index is 8.17. The van der Waals surface area contributed by atoms with Crippen molar-refractivity contribution in [3.63, 3.8) is 0 Å². The largest absolute Gasteiger partial charge is 0.394 e. The quantitative estimate of drug-likeness (QED) is 0.394. The van der Waals surface area contributed by atoms with E-state index in [9.17, 15) is 0 Å². The molecule has 0 atom stereocenters. The number of nitrogens with two attached hydrogens (primary N) is 1. The molecule has 3 nitrogen and oxygen atoms in total. The number of hydrogen-bond acceptors (Lipinski definition) is 3. The Morgan fingerprint density at radius 1 is 1.75 bits per heavy atom. The van der Waals surface area contributed by atoms with Gasteiger partial charge in [-0.1, -0.05) is 12.2 Å². The number of hydrogen-bond donors (Lipinski definition) is 2. The van der Waals surface area contributed by atoms with Crippen LogP contribution in [0.3, 0.4) is 0 Å². The summed E-state index contributed by atoms with van der Waals surface area (Å²) in [6.07, 6.45) is 0. The number of aliphatic hydroxyl groups excluding tert-OH is 1. The Labute approximate surface area is 53.4 Å². The fraction of sp³-hybridized carbons (Fsp3) is 0.750. The highest BCUT2D eigenvalue weighted by atomic mass is 32.1. The lowest BCUT2D eigenvalue weighted by molar-refractivity contribution is 0.118. The maximum Gasteiger partial charge on any atom is 0.0989 e. The average Bonchev–Trinajstić information content (AvgIpc) is 1.66. The van der Waals surface area contributed by atoms with Crippen LogP contribution in [0.15, 0.2) is 0 Å². The SMILES string of the molecule is NC(=S)COCCO. The lowest BCUT2D eigenvalue weighted by Crippen LogP contribution is -2.16. The van der Waals surface area contributed by atoms with Crippen LogP contribution in [0, 0.1) is 0 Å². The zero-order chi connectivity index (χ0) is 6.41. The molecule has 0 aliphatic rings. The predicted molar refractivity (Wildman–Crippen MR) is 34.7 cm³/mol. The predicted octanol–water partition coefficient (Wildman–Crippen LogP) is -0.719. The van der Waals surface area contributed by atoms with E-state index in [0.717, 1.165) is 0 Å².